The van der Waals surface area contributed by atoms with Crippen molar-refractivity contribution in [2.24, 2.45) is 0 Å². The maximum absolute atomic E-state index is 3.65. The van der Waals surface area contributed by atoms with Gasteiger partial charge in [0.25, 0.3) is 0 Å². The Labute approximate surface area is 630 Å². The van der Waals surface area contributed by atoms with Gasteiger partial charge in [-0.2, -0.15) is 0 Å². The Morgan fingerprint density at radius 3 is 0.843 bits per heavy atom. The summed E-state index contributed by atoms with van der Waals surface area (Å²) in [5.74, 6) is 0.0215. The summed E-state index contributed by atoms with van der Waals surface area (Å²) in [6.07, 6.45) is 16.9. The van der Waals surface area contributed by atoms with Crippen LogP contribution in [-0.2, 0) is 12.8 Å². The van der Waals surface area contributed by atoms with E-state index in [0.29, 0.717) is 0 Å². The van der Waals surface area contributed by atoms with E-state index in [1.807, 2.05) is 0 Å². The van der Waals surface area contributed by atoms with Gasteiger partial charge in [-0.3, -0.25) is 0 Å². The Morgan fingerprint density at radius 1 is 0.265 bits per heavy atom. The number of fused-ring (bicyclic) bond motifs is 2. The fourth-order valence-electron chi connectivity index (χ4n) is 15.2. The molecule has 0 saturated carbocycles. The molecule has 14 aromatic carbocycles. The van der Waals surface area contributed by atoms with E-state index in [1.165, 1.54) is 197 Å². The Morgan fingerprint density at radius 2 is 0.520 bits per heavy atom. The Balaban J connectivity index is 0.867. The first-order chi connectivity index (χ1) is 50.1. The molecule has 0 aliphatic carbocycles. The topological polar surface area (TPSA) is 3.24 Å². The molecule has 0 saturated heterocycles. The van der Waals surface area contributed by atoms with Crippen molar-refractivity contribution in [2.45, 2.75) is 117 Å². The van der Waals surface area contributed by atoms with Gasteiger partial charge < -0.3 is 4.90 Å². The molecule has 0 heterocycles. The average molecular weight is 1520 g/mol. The van der Waals surface area contributed by atoms with E-state index < -0.39 is 0 Å². The van der Waals surface area contributed by atoms with Crippen LogP contribution in [-0.4, -0.2) is 0 Å². The minimum atomic E-state index is 0.0215. The lowest BCUT2D eigenvalue weighted by Gasteiger charge is -2.26. The van der Waals surface area contributed by atoms with E-state index >= 15 is 0 Å². The fourth-order valence-corrected chi connectivity index (χ4v) is 16.0. The van der Waals surface area contributed by atoms with Crippen molar-refractivity contribution in [3.8, 4) is 77.9 Å². The second-order valence-corrected chi connectivity index (χ2v) is 30.5. The molecule has 102 heavy (non-hydrogen) atoms. The van der Waals surface area contributed by atoms with Crippen molar-refractivity contribution in [3.05, 3.63) is 350 Å². The molecule has 0 unspecified atom stereocenters. The number of rotatable bonds is 27. The van der Waals surface area contributed by atoms with Crippen LogP contribution in [0.4, 0.5) is 17.1 Å². The number of unbranched alkanes of at least 4 members (excludes halogenated alkanes) is 10. The van der Waals surface area contributed by atoms with E-state index in [-0.39, 0.29) is 5.92 Å². The number of hydrogen-bond donors (Lipinski definition) is 0. The first kappa shape index (κ1) is 69.9. The second-order valence-electron chi connectivity index (χ2n) is 27.7. The van der Waals surface area contributed by atoms with Gasteiger partial charge in [-0.05, 0) is 245 Å². The van der Waals surface area contributed by atoms with Crippen molar-refractivity contribution >= 4 is 86.4 Å². The standard InChI is InChI=1S/C98H88Br3N/c1-4-6-8-10-12-14-20-82-66-94(77-34-40-81(41-35-77)96(79-36-30-70(31-37-79)72-42-54-84(99)55-43-72)80-38-32-71(33-39-80)73-44-56-85(100)57-45-73)90-22-16-18-24-92(90)97(82)98-83(21-15-13-11-9-7-5-2)67-95(91-23-17-19-25-93(91)98)78-52-64-89(65-53-78)102(87-60-48-75(49-61-87)69-28-26-68(3)27-29-69)88-62-50-76(51-63-88)74-46-58-86(101)59-47-74/h16-19,22-67,96H,4-15,20-21H2,1-3H3. The van der Waals surface area contributed by atoms with Crippen LogP contribution in [0.25, 0.3) is 99.4 Å². The van der Waals surface area contributed by atoms with Crippen molar-refractivity contribution in [1.82, 2.24) is 0 Å². The second kappa shape index (κ2) is 33.3. The Bertz CT molecular complexity index is 4570. The number of aryl methyl sites for hydroxylation is 3. The van der Waals surface area contributed by atoms with Gasteiger partial charge in [0.2, 0.25) is 0 Å². The minimum Gasteiger partial charge on any atom is -0.311 e. The molecule has 0 atom stereocenters. The molecule has 1 nitrogen and oxygen atoms in total. The zero-order valence-corrected chi connectivity index (χ0v) is 63.7. The van der Waals surface area contributed by atoms with E-state index in [0.717, 1.165) is 56.2 Å². The maximum atomic E-state index is 3.65. The van der Waals surface area contributed by atoms with Gasteiger partial charge in [0.1, 0.15) is 0 Å². The lowest BCUT2D eigenvalue weighted by Crippen LogP contribution is -2.09. The molecule has 0 fully saturated rings. The normalized spacial score (nSPS) is 11.5. The van der Waals surface area contributed by atoms with Gasteiger partial charge in [0, 0.05) is 36.4 Å². The zero-order chi connectivity index (χ0) is 69.7. The molecule has 0 spiro atoms. The van der Waals surface area contributed by atoms with Crippen LogP contribution in [0.3, 0.4) is 0 Å². The van der Waals surface area contributed by atoms with Gasteiger partial charge in [-0.25, -0.2) is 0 Å². The van der Waals surface area contributed by atoms with Crippen LogP contribution < -0.4 is 4.90 Å². The monoisotopic (exact) mass is 1520 g/mol. The van der Waals surface area contributed by atoms with Crippen LogP contribution in [0, 0.1) is 6.92 Å². The molecule has 0 aromatic heterocycles. The quantitative estimate of drug-likeness (QED) is 0.0366. The summed E-state index contributed by atoms with van der Waals surface area (Å²) in [6, 6.07) is 114. The number of anilines is 3. The van der Waals surface area contributed by atoms with Gasteiger partial charge in [-0.1, -0.05) is 350 Å². The fraction of sp³-hybridized carbons (Fsp3) is 0.184. The van der Waals surface area contributed by atoms with E-state index in [9.17, 15) is 0 Å². The lowest BCUT2D eigenvalue weighted by molar-refractivity contribution is 0.607. The molecule has 14 aromatic rings. The lowest BCUT2D eigenvalue weighted by atomic mass is 9.80. The molecule has 0 amide bonds. The van der Waals surface area contributed by atoms with Crippen molar-refractivity contribution in [3.63, 3.8) is 0 Å². The third kappa shape index (κ3) is 16.2. The van der Waals surface area contributed by atoms with Crippen molar-refractivity contribution < 1.29 is 0 Å². The van der Waals surface area contributed by atoms with Crippen molar-refractivity contribution in [2.75, 3.05) is 4.90 Å². The Kier molecular flexibility index (Phi) is 22.8. The molecule has 0 bridgehead atoms. The van der Waals surface area contributed by atoms with Crippen LogP contribution in [0.2, 0.25) is 0 Å². The molecule has 0 aliphatic rings. The highest BCUT2D eigenvalue weighted by molar-refractivity contribution is 9.11. The molecule has 0 radical (unpaired) electrons. The van der Waals surface area contributed by atoms with E-state index in [2.05, 4.69) is 377 Å². The predicted molar refractivity (Wildman–Crippen MR) is 450 cm³/mol. The largest absolute Gasteiger partial charge is 0.311 e. The first-order valence-corrected chi connectivity index (χ1v) is 39.4. The molecule has 506 valence electrons. The maximum Gasteiger partial charge on any atom is 0.0462 e. The summed E-state index contributed by atoms with van der Waals surface area (Å²) in [5, 5.41) is 5.24. The smallest absolute Gasteiger partial charge is 0.0462 e. The number of hydrogen-bond acceptors (Lipinski definition) is 1. The first-order valence-electron chi connectivity index (χ1n) is 37.0. The summed E-state index contributed by atoms with van der Waals surface area (Å²) in [6.45, 7) is 6.79. The zero-order valence-electron chi connectivity index (χ0n) is 58.9. The Hall–Kier alpha value is -9.16. The van der Waals surface area contributed by atoms with E-state index in [4.69, 9.17) is 0 Å². The minimum absolute atomic E-state index is 0.0215. The van der Waals surface area contributed by atoms with Gasteiger partial charge in [0.15, 0.2) is 0 Å². The van der Waals surface area contributed by atoms with Crippen LogP contribution in [0.1, 0.15) is 130 Å². The number of halogens is 3. The summed E-state index contributed by atoms with van der Waals surface area (Å²) in [4.78, 5) is 2.40. The van der Waals surface area contributed by atoms with Crippen LogP contribution in [0.5, 0.6) is 0 Å². The molecule has 0 N–H and O–H groups in total. The van der Waals surface area contributed by atoms with Gasteiger partial charge in [-0.15, -0.1) is 0 Å². The summed E-state index contributed by atoms with van der Waals surface area (Å²) in [7, 11) is 0. The highest BCUT2D eigenvalue weighted by Crippen LogP contribution is 2.48. The van der Waals surface area contributed by atoms with Gasteiger partial charge in [0.05, 0.1) is 0 Å². The summed E-state index contributed by atoms with van der Waals surface area (Å²) in [5.41, 5.74) is 28.7. The molecular weight excluding hydrogens is 1430 g/mol. The highest BCUT2D eigenvalue weighted by atomic mass is 79.9. The summed E-state index contributed by atoms with van der Waals surface area (Å²) < 4.78 is 3.24. The molecule has 4 heteroatoms. The van der Waals surface area contributed by atoms with Gasteiger partial charge >= 0.3 is 0 Å². The average Bonchev–Trinajstić information content (AvgIpc) is 0.730. The highest BCUT2D eigenvalue weighted by Gasteiger charge is 2.24. The molecular formula is C98H88Br3N. The number of benzene rings is 14. The molecule has 0 aliphatic heterocycles. The molecule has 14 rings (SSSR count). The third-order valence-electron chi connectivity index (χ3n) is 20.7. The van der Waals surface area contributed by atoms with Crippen molar-refractivity contribution in [1.29, 1.82) is 0 Å². The number of nitrogens with zero attached hydrogens (tertiary/aromatic N) is 1. The third-order valence-corrected chi connectivity index (χ3v) is 22.3. The SMILES string of the molecule is CCCCCCCCc1cc(-c2ccc(C(c3ccc(-c4ccc(Br)cc4)cc3)c3ccc(-c4ccc(Br)cc4)cc3)cc2)c2ccccc2c1-c1c(CCCCCCCC)cc(-c2ccc(N(c3ccc(-c4ccc(C)cc4)cc3)c3ccc(-c4ccc(Br)cc4)cc3)cc2)c2ccccc12. The van der Waals surface area contributed by atoms with Crippen LogP contribution in [0.15, 0.2) is 317 Å². The van der Waals surface area contributed by atoms with Crippen LogP contribution >= 0.6 is 47.8 Å². The summed E-state index contributed by atoms with van der Waals surface area (Å²) >= 11 is 10.9. The van der Waals surface area contributed by atoms with E-state index in [1.54, 1.807) is 0 Å². The predicted octanol–water partition coefficient (Wildman–Crippen LogP) is 30.7.